The van der Waals surface area contributed by atoms with Gasteiger partial charge in [0.25, 0.3) is 5.91 Å². The van der Waals surface area contributed by atoms with Crippen molar-refractivity contribution in [2.24, 2.45) is 7.05 Å². The lowest BCUT2D eigenvalue weighted by molar-refractivity contribution is -0.341. The van der Waals surface area contributed by atoms with Crippen LogP contribution in [0.15, 0.2) is 47.9 Å². The molecule has 3 aromatic rings. The Morgan fingerprint density at radius 1 is 1.25 bits per heavy atom. The summed E-state index contributed by atoms with van der Waals surface area (Å²) in [4.78, 5) is 21.0. The van der Waals surface area contributed by atoms with Crippen LogP contribution in [-0.4, -0.2) is 33.0 Å². The summed E-state index contributed by atoms with van der Waals surface area (Å²) >= 11 is 0.905. The van der Waals surface area contributed by atoms with Crippen LogP contribution in [0, 0.1) is 0 Å². The van der Waals surface area contributed by atoms with Crippen LogP contribution < -0.4 is 10.0 Å². The summed E-state index contributed by atoms with van der Waals surface area (Å²) in [5, 5.41) is 3.82. The van der Waals surface area contributed by atoms with Crippen molar-refractivity contribution in [3.05, 3.63) is 48.5 Å². The first-order chi connectivity index (χ1) is 13.3. The van der Waals surface area contributed by atoms with Crippen molar-refractivity contribution >= 4 is 34.4 Å². The van der Waals surface area contributed by atoms with Gasteiger partial charge in [0, 0.05) is 36.7 Å². The molecule has 0 aliphatic carbocycles. The van der Waals surface area contributed by atoms with Crippen LogP contribution in [-0.2, 0) is 11.8 Å². The number of ether oxygens (including phenoxy) is 1. The monoisotopic (exact) mass is 411 g/mol. The van der Waals surface area contributed by atoms with Crippen molar-refractivity contribution in [1.82, 2.24) is 19.3 Å². The fourth-order valence-electron chi connectivity index (χ4n) is 2.59. The van der Waals surface area contributed by atoms with E-state index >= 15 is 0 Å². The standard InChI is InChI=1S/C17H16F3N5O2S/c1-10(27-17(18,19)20)24-28-16-13-12(4-3-7-22-13)14(25(16)2)15(26)23-11-5-8-21-9-6-11/h3-10,24H,1-2H3,(H,21,23,26). The Hall–Kier alpha value is -2.63. The molecule has 3 aromatic heterocycles. The molecular formula is C17H16F3N5O2S. The lowest BCUT2D eigenvalue weighted by Crippen LogP contribution is -2.30. The number of hydrogen-bond donors (Lipinski definition) is 2. The first-order valence-corrected chi connectivity index (χ1v) is 8.89. The van der Waals surface area contributed by atoms with Crippen molar-refractivity contribution in [2.75, 3.05) is 5.32 Å². The van der Waals surface area contributed by atoms with E-state index in [0.717, 1.165) is 11.9 Å². The third-order valence-electron chi connectivity index (χ3n) is 3.69. The highest BCUT2D eigenvalue weighted by atomic mass is 32.2. The number of pyridine rings is 2. The Balaban J connectivity index is 1.88. The largest absolute Gasteiger partial charge is 0.524 e. The number of alkyl halides is 3. The summed E-state index contributed by atoms with van der Waals surface area (Å²) < 4.78 is 45.0. The van der Waals surface area contributed by atoms with E-state index in [1.54, 1.807) is 54.5 Å². The Labute approximate surface area is 162 Å². The molecule has 3 rings (SSSR count). The van der Waals surface area contributed by atoms with Gasteiger partial charge in [-0.2, -0.15) is 0 Å². The zero-order valence-corrected chi connectivity index (χ0v) is 15.6. The van der Waals surface area contributed by atoms with Crippen molar-refractivity contribution in [2.45, 2.75) is 24.5 Å². The van der Waals surface area contributed by atoms with Gasteiger partial charge in [0.05, 0.1) is 0 Å². The van der Waals surface area contributed by atoms with Crippen LogP contribution in [0.5, 0.6) is 0 Å². The highest BCUT2D eigenvalue weighted by Gasteiger charge is 2.32. The van der Waals surface area contributed by atoms with Gasteiger partial charge in [-0.3, -0.25) is 19.5 Å². The predicted molar refractivity (Wildman–Crippen MR) is 98.5 cm³/mol. The van der Waals surface area contributed by atoms with E-state index < -0.39 is 12.6 Å². The number of nitrogens with one attached hydrogen (secondary N) is 2. The van der Waals surface area contributed by atoms with Crippen LogP contribution in [0.3, 0.4) is 0 Å². The SMILES string of the molecule is CC(NSc1c2ncccc2c(C(=O)Nc2ccncc2)n1C)OC(F)(F)F. The van der Waals surface area contributed by atoms with Crippen LogP contribution in [0.1, 0.15) is 17.4 Å². The number of rotatable bonds is 6. The van der Waals surface area contributed by atoms with Gasteiger partial charge in [-0.1, -0.05) is 0 Å². The number of aromatic nitrogens is 3. The summed E-state index contributed by atoms with van der Waals surface area (Å²) in [6.07, 6.45) is -1.40. The van der Waals surface area contributed by atoms with E-state index in [0.29, 0.717) is 27.3 Å². The number of hydrogen-bond acceptors (Lipinski definition) is 6. The number of fused-ring (bicyclic) bond motifs is 1. The van der Waals surface area contributed by atoms with E-state index in [2.05, 4.69) is 24.7 Å². The Morgan fingerprint density at radius 2 is 1.96 bits per heavy atom. The average molecular weight is 411 g/mol. The minimum absolute atomic E-state index is 0.327. The molecule has 1 amide bonds. The minimum atomic E-state index is -4.75. The molecule has 1 unspecified atom stereocenters. The third-order valence-corrected chi connectivity index (χ3v) is 4.80. The first kappa shape index (κ1) is 20.1. The van der Waals surface area contributed by atoms with Crippen molar-refractivity contribution < 1.29 is 22.7 Å². The third kappa shape index (κ3) is 4.61. The number of carbonyl (C=O) groups excluding carboxylic acids is 1. The number of anilines is 1. The van der Waals surface area contributed by atoms with Gasteiger partial charge < -0.3 is 9.88 Å². The maximum Gasteiger partial charge on any atom is 0.524 e. The molecule has 0 bridgehead atoms. The summed E-state index contributed by atoms with van der Waals surface area (Å²) in [7, 11) is 1.64. The van der Waals surface area contributed by atoms with Gasteiger partial charge in [-0.05, 0) is 43.1 Å². The molecule has 0 aliphatic rings. The van der Waals surface area contributed by atoms with E-state index in [1.807, 2.05) is 0 Å². The smallest absolute Gasteiger partial charge is 0.331 e. The topological polar surface area (TPSA) is 81.1 Å². The molecule has 0 saturated heterocycles. The fraction of sp³-hybridized carbons (Fsp3) is 0.235. The molecule has 2 N–H and O–H groups in total. The van der Waals surface area contributed by atoms with Crippen LogP contribution in [0.4, 0.5) is 18.9 Å². The molecule has 7 nitrogen and oxygen atoms in total. The first-order valence-electron chi connectivity index (χ1n) is 8.08. The molecule has 0 saturated carbocycles. The molecule has 11 heteroatoms. The number of amides is 1. The normalized spacial score (nSPS) is 12.9. The van der Waals surface area contributed by atoms with Gasteiger partial charge >= 0.3 is 6.36 Å². The second-order valence-electron chi connectivity index (χ2n) is 5.73. The lowest BCUT2D eigenvalue weighted by Gasteiger charge is -2.16. The van der Waals surface area contributed by atoms with E-state index in [9.17, 15) is 18.0 Å². The molecule has 0 radical (unpaired) electrons. The summed E-state index contributed by atoms with van der Waals surface area (Å²) in [5.74, 6) is -0.377. The quantitative estimate of drug-likeness (QED) is 0.476. The van der Waals surface area contributed by atoms with Gasteiger partial charge in [0.1, 0.15) is 22.5 Å². The Kier molecular flexibility index (Phi) is 5.87. The average Bonchev–Trinajstić information content (AvgIpc) is 2.91. The molecule has 0 spiro atoms. The number of halogens is 3. The van der Waals surface area contributed by atoms with Crippen molar-refractivity contribution in [3.8, 4) is 0 Å². The predicted octanol–water partition coefficient (Wildman–Crippen LogP) is 3.70. The number of nitrogens with zero attached hydrogens (tertiary/aromatic N) is 3. The molecule has 148 valence electrons. The highest BCUT2D eigenvalue weighted by molar-refractivity contribution is 7.97. The molecule has 3 heterocycles. The fourth-order valence-corrected chi connectivity index (χ4v) is 3.40. The second kappa shape index (κ2) is 8.17. The molecule has 0 aliphatic heterocycles. The molecule has 1 atom stereocenters. The minimum Gasteiger partial charge on any atom is -0.331 e. The van der Waals surface area contributed by atoms with E-state index in [4.69, 9.17) is 0 Å². The van der Waals surface area contributed by atoms with Crippen LogP contribution in [0.2, 0.25) is 0 Å². The second-order valence-corrected chi connectivity index (χ2v) is 6.55. The number of carbonyl (C=O) groups is 1. The van der Waals surface area contributed by atoms with Gasteiger partial charge in [0.2, 0.25) is 0 Å². The van der Waals surface area contributed by atoms with Crippen molar-refractivity contribution in [3.63, 3.8) is 0 Å². The van der Waals surface area contributed by atoms with E-state index in [1.165, 1.54) is 6.92 Å². The van der Waals surface area contributed by atoms with Crippen LogP contribution >= 0.6 is 11.9 Å². The van der Waals surface area contributed by atoms with Crippen molar-refractivity contribution in [1.29, 1.82) is 0 Å². The van der Waals surface area contributed by atoms with Gasteiger partial charge in [-0.25, -0.2) is 4.72 Å². The Bertz CT molecular complexity index is 978. The Morgan fingerprint density at radius 3 is 2.64 bits per heavy atom. The highest BCUT2D eigenvalue weighted by Crippen LogP contribution is 2.31. The molecule has 0 fully saturated rings. The van der Waals surface area contributed by atoms with E-state index in [-0.39, 0.29) is 5.91 Å². The van der Waals surface area contributed by atoms with Crippen LogP contribution in [0.25, 0.3) is 10.9 Å². The summed E-state index contributed by atoms with van der Waals surface area (Å²) in [6.45, 7) is 1.23. The maximum absolute atomic E-state index is 12.8. The summed E-state index contributed by atoms with van der Waals surface area (Å²) in [5.41, 5.74) is 1.38. The zero-order valence-electron chi connectivity index (χ0n) is 14.8. The maximum atomic E-state index is 12.8. The lowest BCUT2D eigenvalue weighted by atomic mass is 10.2. The molecule has 28 heavy (non-hydrogen) atoms. The van der Waals surface area contributed by atoms with Gasteiger partial charge in [0.15, 0.2) is 0 Å². The molecular weight excluding hydrogens is 395 g/mol. The van der Waals surface area contributed by atoms with Gasteiger partial charge in [-0.15, -0.1) is 13.2 Å². The summed E-state index contributed by atoms with van der Waals surface area (Å²) in [6, 6.07) is 6.70. The zero-order chi connectivity index (χ0) is 20.3. The molecule has 0 aromatic carbocycles.